The average Bonchev–Trinajstić information content (AvgIpc) is 2.42. The number of nitrogens with one attached hydrogen (secondary N) is 2. The first-order valence-electron chi connectivity index (χ1n) is 3.95. The summed E-state index contributed by atoms with van der Waals surface area (Å²) in [4.78, 5) is 10.7. The SMILES string of the molecule is CC1(C=O)Nc2ccc(F)cc2N1. The molecule has 3 nitrogen and oxygen atoms in total. The summed E-state index contributed by atoms with van der Waals surface area (Å²) >= 11 is 0. The van der Waals surface area contributed by atoms with Crippen LogP contribution in [-0.4, -0.2) is 11.9 Å². The van der Waals surface area contributed by atoms with Crippen molar-refractivity contribution in [2.24, 2.45) is 0 Å². The van der Waals surface area contributed by atoms with Crippen LogP contribution in [0.15, 0.2) is 18.2 Å². The molecular formula is C9H9FN2O. The topological polar surface area (TPSA) is 41.1 Å². The van der Waals surface area contributed by atoms with E-state index >= 15 is 0 Å². The molecule has 0 amide bonds. The number of hydrogen-bond donors (Lipinski definition) is 2. The molecule has 0 fully saturated rings. The fraction of sp³-hybridized carbons (Fsp3) is 0.222. The van der Waals surface area contributed by atoms with Gasteiger partial charge in [-0.05, 0) is 25.1 Å². The van der Waals surface area contributed by atoms with E-state index in [1.54, 1.807) is 13.0 Å². The van der Waals surface area contributed by atoms with E-state index in [4.69, 9.17) is 0 Å². The minimum atomic E-state index is -0.809. The van der Waals surface area contributed by atoms with Crippen LogP contribution in [0.5, 0.6) is 0 Å². The van der Waals surface area contributed by atoms with E-state index in [1.807, 2.05) is 0 Å². The molecule has 68 valence electrons. The van der Waals surface area contributed by atoms with Gasteiger partial charge in [-0.15, -0.1) is 0 Å². The zero-order valence-electron chi connectivity index (χ0n) is 7.10. The first kappa shape index (κ1) is 8.04. The lowest BCUT2D eigenvalue weighted by Gasteiger charge is -2.17. The number of aldehydes is 1. The largest absolute Gasteiger partial charge is 0.355 e. The smallest absolute Gasteiger partial charge is 0.165 e. The molecule has 0 bridgehead atoms. The van der Waals surface area contributed by atoms with E-state index in [0.717, 1.165) is 12.0 Å². The van der Waals surface area contributed by atoms with Crippen LogP contribution in [0.1, 0.15) is 6.92 Å². The van der Waals surface area contributed by atoms with Gasteiger partial charge in [-0.1, -0.05) is 0 Å². The number of benzene rings is 1. The molecule has 1 unspecified atom stereocenters. The van der Waals surface area contributed by atoms with E-state index in [0.29, 0.717) is 5.69 Å². The highest BCUT2D eigenvalue weighted by Gasteiger charge is 2.30. The molecule has 13 heavy (non-hydrogen) atoms. The van der Waals surface area contributed by atoms with Gasteiger partial charge in [0.2, 0.25) is 0 Å². The number of rotatable bonds is 1. The first-order chi connectivity index (χ1) is 6.13. The molecule has 2 rings (SSSR count). The van der Waals surface area contributed by atoms with Crippen LogP contribution in [0.2, 0.25) is 0 Å². The summed E-state index contributed by atoms with van der Waals surface area (Å²) in [6.45, 7) is 1.69. The van der Waals surface area contributed by atoms with Crippen molar-refractivity contribution < 1.29 is 9.18 Å². The van der Waals surface area contributed by atoms with Crippen molar-refractivity contribution in [1.82, 2.24) is 0 Å². The van der Waals surface area contributed by atoms with Gasteiger partial charge in [-0.25, -0.2) is 4.39 Å². The van der Waals surface area contributed by atoms with Gasteiger partial charge in [0.05, 0.1) is 11.4 Å². The lowest BCUT2D eigenvalue weighted by molar-refractivity contribution is -0.110. The summed E-state index contributed by atoms with van der Waals surface area (Å²) in [5, 5.41) is 5.82. The summed E-state index contributed by atoms with van der Waals surface area (Å²) in [6.07, 6.45) is 0.755. The molecule has 1 aliphatic rings. The van der Waals surface area contributed by atoms with Gasteiger partial charge < -0.3 is 10.6 Å². The fourth-order valence-electron chi connectivity index (χ4n) is 1.38. The second-order valence-corrected chi connectivity index (χ2v) is 3.26. The Morgan fingerprint density at radius 3 is 2.77 bits per heavy atom. The molecule has 0 saturated heterocycles. The molecule has 0 radical (unpaired) electrons. The monoisotopic (exact) mass is 180 g/mol. The lowest BCUT2D eigenvalue weighted by atomic mass is 10.2. The van der Waals surface area contributed by atoms with Crippen molar-refractivity contribution in [3.8, 4) is 0 Å². The van der Waals surface area contributed by atoms with E-state index in [-0.39, 0.29) is 5.82 Å². The Kier molecular flexibility index (Phi) is 1.52. The van der Waals surface area contributed by atoms with Crippen LogP contribution >= 0.6 is 0 Å². The first-order valence-corrected chi connectivity index (χ1v) is 3.95. The van der Waals surface area contributed by atoms with Crippen LogP contribution in [0.4, 0.5) is 15.8 Å². The molecule has 1 heterocycles. The molecule has 1 aliphatic heterocycles. The van der Waals surface area contributed by atoms with Gasteiger partial charge >= 0.3 is 0 Å². The Bertz CT molecular complexity index is 367. The minimum absolute atomic E-state index is 0.316. The van der Waals surface area contributed by atoms with Gasteiger partial charge in [0, 0.05) is 0 Å². The second kappa shape index (κ2) is 2.45. The number of fused-ring (bicyclic) bond motifs is 1. The Hall–Kier alpha value is -1.58. The van der Waals surface area contributed by atoms with Gasteiger partial charge in [-0.3, -0.25) is 4.79 Å². The van der Waals surface area contributed by atoms with Crippen LogP contribution in [0.25, 0.3) is 0 Å². The molecular weight excluding hydrogens is 171 g/mol. The van der Waals surface area contributed by atoms with Crippen LogP contribution in [0.3, 0.4) is 0 Å². The van der Waals surface area contributed by atoms with E-state index in [1.165, 1.54) is 12.1 Å². The zero-order valence-corrected chi connectivity index (χ0v) is 7.10. The third-order valence-corrected chi connectivity index (χ3v) is 2.01. The highest BCUT2D eigenvalue weighted by molar-refractivity contribution is 5.86. The van der Waals surface area contributed by atoms with Gasteiger partial charge in [0.25, 0.3) is 0 Å². The van der Waals surface area contributed by atoms with E-state index in [9.17, 15) is 9.18 Å². The molecule has 0 aliphatic carbocycles. The normalized spacial score (nSPS) is 24.5. The van der Waals surface area contributed by atoms with Crippen LogP contribution in [0, 0.1) is 5.82 Å². The zero-order chi connectivity index (χ0) is 9.47. The quantitative estimate of drug-likeness (QED) is 0.644. The highest BCUT2D eigenvalue weighted by Crippen LogP contribution is 2.32. The molecule has 1 aromatic rings. The van der Waals surface area contributed by atoms with Gasteiger partial charge in [0.1, 0.15) is 5.82 Å². The van der Waals surface area contributed by atoms with Crippen molar-refractivity contribution in [3.05, 3.63) is 24.0 Å². The minimum Gasteiger partial charge on any atom is -0.355 e. The maximum atomic E-state index is 12.8. The summed E-state index contributed by atoms with van der Waals surface area (Å²) in [5.41, 5.74) is 0.557. The number of carbonyl (C=O) groups is 1. The maximum Gasteiger partial charge on any atom is 0.165 e. The number of anilines is 2. The van der Waals surface area contributed by atoms with Crippen molar-refractivity contribution in [3.63, 3.8) is 0 Å². The van der Waals surface area contributed by atoms with Crippen LogP contribution in [-0.2, 0) is 4.79 Å². The van der Waals surface area contributed by atoms with E-state index in [2.05, 4.69) is 10.6 Å². The summed E-state index contributed by atoms with van der Waals surface area (Å²) in [5.74, 6) is -0.316. The van der Waals surface area contributed by atoms with E-state index < -0.39 is 5.66 Å². The Morgan fingerprint density at radius 2 is 2.08 bits per heavy atom. The predicted molar refractivity (Wildman–Crippen MR) is 48.1 cm³/mol. The molecule has 1 aromatic carbocycles. The summed E-state index contributed by atoms with van der Waals surface area (Å²) < 4.78 is 12.8. The standard InChI is InChI=1S/C9H9FN2O/c1-9(5-13)11-7-3-2-6(10)4-8(7)12-9/h2-5,11-12H,1H3. The summed E-state index contributed by atoms with van der Waals surface area (Å²) in [7, 11) is 0. The molecule has 0 aromatic heterocycles. The second-order valence-electron chi connectivity index (χ2n) is 3.26. The van der Waals surface area contributed by atoms with Gasteiger partial charge in [0.15, 0.2) is 11.9 Å². The average molecular weight is 180 g/mol. The molecule has 0 spiro atoms. The molecule has 4 heteroatoms. The molecule has 1 atom stereocenters. The maximum absolute atomic E-state index is 12.8. The third kappa shape index (κ3) is 1.24. The third-order valence-electron chi connectivity index (χ3n) is 2.01. The predicted octanol–water partition coefficient (Wildman–Crippen LogP) is 1.58. The fourth-order valence-corrected chi connectivity index (χ4v) is 1.38. The molecule has 2 N–H and O–H groups in total. The van der Waals surface area contributed by atoms with Crippen molar-refractivity contribution in [2.45, 2.75) is 12.6 Å². The Balaban J connectivity index is 2.40. The van der Waals surface area contributed by atoms with Crippen molar-refractivity contribution in [1.29, 1.82) is 0 Å². The highest BCUT2D eigenvalue weighted by atomic mass is 19.1. The number of halogens is 1. The lowest BCUT2D eigenvalue weighted by Crippen LogP contribution is -2.39. The van der Waals surface area contributed by atoms with Crippen molar-refractivity contribution in [2.75, 3.05) is 10.6 Å². The number of carbonyl (C=O) groups excluding carboxylic acids is 1. The Labute approximate surface area is 74.9 Å². The van der Waals surface area contributed by atoms with Crippen LogP contribution < -0.4 is 10.6 Å². The Morgan fingerprint density at radius 1 is 1.38 bits per heavy atom. The number of hydrogen-bond acceptors (Lipinski definition) is 3. The van der Waals surface area contributed by atoms with Gasteiger partial charge in [-0.2, -0.15) is 0 Å². The van der Waals surface area contributed by atoms with Crippen molar-refractivity contribution >= 4 is 17.7 Å². The molecule has 0 saturated carbocycles. The summed E-state index contributed by atoms with van der Waals surface area (Å²) in [6, 6.07) is 4.31.